The Bertz CT molecular complexity index is 1090. The molecule has 2 amide bonds. The number of nitrogens with one attached hydrogen (secondary N) is 1. The van der Waals surface area contributed by atoms with Crippen molar-refractivity contribution in [3.8, 4) is 0 Å². The number of rotatable bonds is 4. The van der Waals surface area contributed by atoms with Crippen LogP contribution in [0.2, 0.25) is 0 Å². The molecule has 4 rings (SSSR count). The average Bonchev–Trinajstić information content (AvgIpc) is 2.78. The molecule has 3 heterocycles. The van der Waals surface area contributed by atoms with Gasteiger partial charge in [0.1, 0.15) is 5.58 Å². The lowest BCUT2D eigenvalue weighted by Gasteiger charge is -2.32. The number of nitrogens with zero attached hydrogens (tertiary/aromatic N) is 2. The van der Waals surface area contributed by atoms with E-state index in [9.17, 15) is 14.4 Å². The van der Waals surface area contributed by atoms with Crippen molar-refractivity contribution in [2.75, 3.05) is 19.6 Å². The van der Waals surface area contributed by atoms with Crippen molar-refractivity contribution in [2.24, 2.45) is 5.92 Å². The molecule has 3 aromatic rings. The molecule has 0 atom stereocenters. The van der Waals surface area contributed by atoms with Gasteiger partial charge in [-0.15, -0.1) is 0 Å². The average molecular weight is 391 g/mol. The Labute approximate surface area is 167 Å². The first-order valence-corrected chi connectivity index (χ1v) is 9.62. The van der Waals surface area contributed by atoms with Crippen LogP contribution >= 0.6 is 0 Å². The van der Waals surface area contributed by atoms with Crippen molar-refractivity contribution in [1.29, 1.82) is 0 Å². The lowest BCUT2D eigenvalue weighted by molar-refractivity contribution is 0.0683. The van der Waals surface area contributed by atoms with E-state index in [0.717, 1.165) is 12.8 Å². The quantitative estimate of drug-likeness (QED) is 0.738. The Morgan fingerprint density at radius 2 is 1.83 bits per heavy atom. The highest BCUT2D eigenvalue weighted by molar-refractivity contribution is 5.94. The van der Waals surface area contributed by atoms with Gasteiger partial charge >= 0.3 is 0 Å². The largest absolute Gasteiger partial charge is 0.451 e. The zero-order valence-corrected chi connectivity index (χ0v) is 15.8. The smallest absolute Gasteiger partial charge is 0.287 e. The molecule has 0 saturated carbocycles. The zero-order chi connectivity index (χ0) is 20.2. The highest BCUT2D eigenvalue weighted by Crippen LogP contribution is 2.19. The Morgan fingerprint density at radius 3 is 2.59 bits per heavy atom. The van der Waals surface area contributed by atoms with Crippen LogP contribution < -0.4 is 10.7 Å². The van der Waals surface area contributed by atoms with Crippen molar-refractivity contribution >= 4 is 22.8 Å². The van der Waals surface area contributed by atoms with Gasteiger partial charge in [-0.2, -0.15) is 0 Å². The molecule has 1 N–H and O–H groups in total. The van der Waals surface area contributed by atoms with Gasteiger partial charge in [-0.3, -0.25) is 19.4 Å². The topological polar surface area (TPSA) is 92.5 Å². The molecule has 0 unspecified atom stereocenters. The minimum Gasteiger partial charge on any atom is -0.451 e. The van der Waals surface area contributed by atoms with Gasteiger partial charge in [0.25, 0.3) is 11.8 Å². The van der Waals surface area contributed by atoms with E-state index in [1.54, 1.807) is 48.8 Å². The highest BCUT2D eigenvalue weighted by Gasteiger charge is 2.24. The summed E-state index contributed by atoms with van der Waals surface area (Å²) in [6.45, 7) is 1.77. The second-order valence-electron chi connectivity index (χ2n) is 7.15. The minimum absolute atomic E-state index is 0.00724. The lowest BCUT2D eigenvalue weighted by atomic mass is 9.96. The van der Waals surface area contributed by atoms with Crippen molar-refractivity contribution in [3.05, 3.63) is 76.4 Å². The van der Waals surface area contributed by atoms with E-state index >= 15 is 0 Å². The Hall–Kier alpha value is -3.48. The number of hydrogen-bond donors (Lipinski definition) is 1. The molecule has 1 aliphatic heterocycles. The van der Waals surface area contributed by atoms with Crippen LogP contribution in [-0.4, -0.2) is 41.3 Å². The molecule has 0 spiro atoms. The molecule has 148 valence electrons. The van der Waals surface area contributed by atoms with Gasteiger partial charge in [0.15, 0.2) is 11.2 Å². The lowest BCUT2D eigenvalue weighted by Crippen LogP contribution is -2.41. The van der Waals surface area contributed by atoms with Crippen LogP contribution in [0.1, 0.15) is 33.8 Å². The molecule has 0 radical (unpaired) electrons. The summed E-state index contributed by atoms with van der Waals surface area (Å²) in [7, 11) is 0. The maximum absolute atomic E-state index is 12.5. The Kier molecular flexibility index (Phi) is 5.37. The summed E-state index contributed by atoms with van der Waals surface area (Å²) in [5.41, 5.74) is 0.797. The number of amides is 2. The van der Waals surface area contributed by atoms with Gasteiger partial charge in [-0.25, -0.2) is 0 Å². The summed E-state index contributed by atoms with van der Waals surface area (Å²) in [5.74, 6) is -0.109. The van der Waals surface area contributed by atoms with Crippen LogP contribution in [0.15, 0.2) is 64.1 Å². The molecule has 0 bridgehead atoms. The van der Waals surface area contributed by atoms with Crippen molar-refractivity contribution in [3.63, 3.8) is 0 Å². The summed E-state index contributed by atoms with van der Waals surface area (Å²) in [6.07, 6.45) is 4.83. The normalized spacial score (nSPS) is 14.7. The molecule has 7 heteroatoms. The maximum Gasteiger partial charge on any atom is 0.287 e. The number of pyridine rings is 1. The summed E-state index contributed by atoms with van der Waals surface area (Å²) >= 11 is 0. The number of para-hydroxylation sites is 1. The molecule has 1 fully saturated rings. The van der Waals surface area contributed by atoms with Crippen molar-refractivity contribution < 1.29 is 14.0 Å². The van der Waals surface area contributed by atoms with Crippen molar-refractivity contribution in [1.82, 2.24) is 15.2 Å². The fourth-order valence-corrected chi connectivity index (χ4v) is 3.56. The first-order valence-electron chi connectivity index (χ1n) is 9.62. The summed E-state index contributed by atoms with van der Waals surface area (Å²) < 4.78 is 5.57. The fraction of sp³-hybridized carbons (Fsp3) is 0.273. The number of fused-ring (bicyclic) bond motifs is 1. The van der Waals surface area contributed by atoms with Crippen LogP contribution in [-0.2, 0) is 0 Å². The third kappa shape index (κ3) is 4.18. The monoisotopic (exact) mass is 391 g/mol. The van der Waals surface area contributed by atoms with Crippen LogP contribution in [0.4, 0.5) is 0 Å². The van der Waals surface area contributed by atoms with E-state index in [1.165, 1.54) is 6.07 Å². The number of piperidine rings is 1. The Morgan fingerprint density at radius 1 is 1.10 bits per heavy atom. The van der Waals surface area contributed by atoms with Crippen LogP contribution in [0.3, 0.4) is 0 Å². The predicted molar refractivity (Wildman–Crippen MR) is 108 cm³/mol. The summed E-state index contributed by atoms with van der Waals surface area (Å²) in [4.78, 5) is 42.8. The van der Waals surface area contributed by atoms with Crippen LogP contribution in [0, 0.1) is 5.92 Å². The molecule has 7 nitrogen and oxygen atoms in total. The van der Waals surface area contributed by atoms with Gasteiger partial charge in [0.05, 0.1) is 5.39 Å². The fourth-order valence-electron chi connectivity index (χ4n) is 3.56. The third-order valence-electron chi connectivity index (χ3n) is 5.24. The number of carbonyl (C=O) groups is 2. The molecule has 1 aliphatic rings. The highest BCUT2D eigenvalue weighted by atomic mass is 16.3. The second kappa shape index (κ2) is 8.26. The predicted octanol–water partition coefficient (Wildman–Crippen LogP) is 2.47. The van der Waals surface area contributed by atoms with E-state index < -0.39 is 5.91 Å². The first-order chi connectivity index (χ1) is 14.1. The number of likely N-dealkylation sites (tertiary alicyclic amines) is 1. The number of hydrogen-bond acceptors (Lipinski definition) is 5. The molecule has 2 aromatic heterocycles. The second-order valence-corrected chi connectivity index (χ2v) is 7.15. The van der Waals surface area contributed by atoms with E-state index in [1.807, 2.05) is 4.90 Å². The van der Waals surface area contributed by atoms with Gasteiger partial charge in [-0.1, -0.05) is 12.1 Å². The summed E-state index contributed by atoms with van der Waals surface area (Å²) in [6, 6.07) is 11.5. The van der Waals surface area contributed by atoms with Crippen molar-refractivity contribution in [2.45, 2.75) is 12.8 Å². The van der Waals surface area contributed by atoms with Gasteiger partial charge < -0.3 is 14.6 Å². The molecule has 1 saturated heterocycles. The van der Waals surface area contributed by atoms with Gasteiger partial charge in [0.2, 0.25) is 0 Å². The first kappa shape index (κ1) is 18.9. The van der Waals surface area contributed by atoms with Gasteiger partial charge in [-0.05, 0) is 43.0 Å². The van der Waals surface area contributed by atoms with E-state index in [-0.39, 0.29) is 23.0 Å². The van der Waals surface area contributed by atoms with Gasteiger partial charge in [0, 0.05) is 43.7 Å². The molecule has 29 heavy (non-hydrogen) atoms. The zero-order valence-electron chi connectivity index (χ0n) is 15.8. The SMILES string of the molecule is O=C(NCC1CCN(C(=O)c2ccncc2)CC1)c1cc(=O)c2ccccc2o1. The maximum atomic E-state index is 12.5. The van der Waals surface area contributed by atoms with Crippen LogP contribution in [0.5, 0.6) is 0 Å². The Balaban J connectivity index is 1.32. The molecule has 0 aliphatic carbocycles. The summed E-state index contributed by atoms with van der Waals surface area (Å²) in [5, 5.41) is 3.31. The molecular formula is C22H21N3O4. The molecular weight excluding hydrogens is 370 g/mol. The molecule has 1 aromatic carbocycles. The number of benzene rings is 1. The van der Waals surface area contributed by atoms with E-state index in [4.69, 9.17) is 4.42 Å². The number of carbonyl (C=O) groups excluding carboxylic acids is 2. The third-order valence-corrected chi connectivity index (χ3v) is 5.24. The minimum atomic E-state index is -0.400. The van der Waals surface area contributed by atoms with Crippen LogP contribution in [0.25, 0.3) is 11.0 Å². The number of aromatic nitrogens is 1. The standard InChI is InChI=1S/C22H21N3O4/c26-18-13-20(29-19-4-2-1-3-17(18)19)21(27)24-14-15-7-11-25(12-8-15)22(28)16-5-9-23-10-6-16/h1-6,9-10,13,15H,7-8,11-12,14H2,(H,24,27). The van der Waals surface area contributed by atoms with E-state index in [0.29, 0.717) is 36.2 Å². The van der Waals surface area contributed by atoms with E-state index in [2.05, 4.69) is 10.3 Å².